The molecule has 1 saturated carbocycles. The van der Waals surface area contributed by atoms with Gasteiger partial charge in [0.15, 0.2) is 6.54 Å². The lowest BCUT2D eigenvalue weighted by molar-refractivity contribution is -0.896. The monoisotopic (exact) mass is 398 g/mol. The Balaban J connectivity index is 1.52. The molecule has 0 atom stereocenters. The fraction of sp³-hybridized carbons (Fsp3) is 0.632. The highest BCUT2D eigenvalue weighted by atomic mass is 32.2. The summed E-state index contributed by atoms with van der Waals surface area (Å²) in [5.74, 6) is -0.310. The van der Waals surface area contributed by atoms with Crippen LogP contribution < -0.4 is 4.90 Å². The molecule has 1 aromatic rings. The van der Waals surface area contributed by atoms with Gasteiger partial charge in [-0.3, -0.25) is 4.79 Å². The summed E-state index contributed by atoms with van der Waals surface area (Å²) in [5.41, 5.74) is 0. The number of carbonyl (C=O) groups excluding carboxylic acids is 1. The average Bonchev–Trinajstić information content (AvgIpc) is 2.69. The Kier molecular flexibility index (Phi) is 6.49. The summed E-state index contributed by atoms with van der Waals surface area (Å²) in [5, 5.41) is 0. The third kappa shape index (κ3) is 4.86. The van der Waals surface area contributed by atoms with Gasteiger partial charge in [-0.15, -0.1) is 0 Å². The Morgan fingerprint density at radius 3 is 2.33 bits per heavy atom. The number of piperazine rings is 1. The molecule has 2 fully saturated rings. The second kappa shape index (κ2) is 8.67. The van der Waals surface area contributed by atoms with Gasteiger partial charge in [-0.2, -0.15) is 4.31 Å². The first kappa shape index (κ1) is 20.2. The van der Waals surface area contributed by atoms with E-state index in [1.54, 1.807) is 0 Å². The summed E-state index contributed by atoms with van der Waals surface area (Å²) in [6.07, 6.45) is 5.81. The number of likely N-dealkylation sites (N-methyl/N-ethyl adjacent to an activating group) is 1. The minimum atomic E-state index is -3.61. The number of amides is 1. The molecular formula is C19H29FN3O3S+. The van der Waals surface area contributed by atoms with Gasteiger partial charge in [-0.05, 0) is 37.1 Å². The molecule has 0 aromatic heterocycles. The largest absolute Gasteiger partial charge is 0.338 e. The van der Waals surface area contributed by atoms with Crippen molar-refractivity contribution in [2.45, 2.75) is 43.0 Å². The smallest absolute Gasteiger partial charge is 0.277 e. The van der Waals surface area contributed by atoms with E-state index in [0.717, 1.165) is 29.9 Å². The predicted octanol–water partition coefficient (Wildman–Crippen LogP) is 0.506. The van der Waals surface area contributed by atoms with Crippen LogP contribution in [0.1, 0.15) is 32.1 Å². The van der Waals surface area contributed by atoms with E-state index in [1.807, 2.05) is 11.9 Å². The summed E-state index contributed by atoms with van der Waals surface area (Å²) >= 11 is 0. The molecule has 1 heterocycles. The Labute approximate surface area is 161 Å². The molecule has 1 saturated heterocycles. The number of quaternary nitrogens is 1. The topological polar surface area (TPSA) is 62.1 Å². The second-order valence-corrected chi connectivity index (χ2v) is 9.52. The van der Waals surface area contributed by atoms with Crippen LogP contribution in [0, 0.1) is 5.82 Å². The molecule has 1 N–H and O–H groups in total. The molecule has 0 unspecified atom stereocenters. The number of nitrogens with one attached hydrogen (secondary N) is 1. The predicted molar refractivity (Wildman–Crippen MR) is 100 cm³/mol. The molecule has 3 rings (SSSR count). The van der Waals surface area contributed by atoms with Gasteiger partial charge in [0.1, 0.15) is 5.82 Å². The fourth-order valence-corrected chi connectivity index (χ4v) is 5.43. The highest BCUT2D eigenvalue weighted by molar-refractivity contribution is 7.89. The van der Waals surface area contributed by atoms with Crippen LogP contribution in [-0.4, -0.2) is 69.3 Å². The number of rotatable bonds is 5. The number of hydrogen-bond acceptors (Lipinski definition) is 3. The second-order valence-electron chi connectivity index (χ2n) is 7.58. The quantitative estimate of drug-likeness (QED) is 0.786. The summed E-state index contributed by atoms with van der Waals surface area (Å²) < 4.78 is 39.8. The fourth-order valence-electron chi connectivity index (χ4n) is 3.99. The molecule has 1 amide bonds. The molecule has 0 radical (unpaired) electrons. The molecule has 150 valence electrons. The highest BCUT2D eigenvalue weighted by Crippen LogP contribution is 2.21. The first-order valence-electron chi connectivity index (χ1n) is 9.73. The average molecular weight is 399 g/mol. The van der Waals surface area contributed by atoms with Crippen LogP contribution in [0.4, 0.5) is 4.39 Å². The number of carbonyl (C=O) groups is 1. The zero-order valence-corrected chi connectivity index (χ0v) is 16.7. The maximum absolute atomic E-state index is 13.0. The molecule has 6 nitrogen and oxygen atoms in total. The van der Waals surface area contributed by atoms with E-state index in [1.165, 1.54) is 35.7 Å². The molecule has 1 aliphatic carbocycles. The molecule has 0 bridgehead atoms. The zero-order valence-electron chi connectivity index (χ0n) is 15.9. The van der Waals surface area contributed by atoms with Gasteiger partial charge in [0.25, 0.3) is 5.91 Å². The van der Waals surface area contributed by atoms with Gasteiger partial charge in [0, 0.05) is 13.1 Å². The van der Waals surface area contributed by atoms with E-state index in [2.05, 4.69) is 0 Å². The van der Waals surface area contributed by atoms with Crippen LogP contribution in [0.5, 0.6) is 0 Å². The number of sulfonamides is 1. The van der Waals surface area contributed by atoms with Gasteiger partial charge in [-0.1, -0.05) is 19.3 Å². The third-order valence-corrected chi connectivity index (χ3v) is 7.71. The van der Waals surface area contributed by atoms with Gasteiger partial charge in [0.2, 0.25) is 10.0 Å². The van der Waals surface area contributed by atoms with Crippen LogP contribution >= 0.6 is 0 Å². The number of nitrogens with zero attached hydrogens (tertiary/aromatic N) is 2. The van der Waals surface area contributed by atoms with Crippen molar-refractivity contribution in [1.29, 1.82) is 0 Å². The van der Waals surface area contributed by atoms with E-state index in [4.69, 9.17) is 0 Å². The SMILES string of the molecule is CN(C(=O)C[NH+]1CCN(S(=O)(=O)c2ccc(F)cc2)CC1)C1CCCCC1. The molecule has 8 heteroatoms. The van der Waals surface area contributed by atoms with Gasteiger partial charge < -0.3 is 9.80 Å². The van der Waals surface area contributed by atoms with Crippen LogP contribution in [-0.2, 0) is 14.8 Å². The van der Waals surface area contributed by atoms with E-state index >= 15 is 0 Å². The van der Waals surface area contributed by atoms with Crippen molar-refractivity contribution in [1.82, 2.24) is 9.21 Å². The Hall–Kier alpha value is -1.51. The van der Waals surface area contributed by atoms with E-state index in [9.17, 15) is 17.6 Å². The minimum absolute atomic E-state index is 0.112. The summed E-state index contributed by atoms with van der Waals surface area (Å²) in [4.78, 5) is 15.7. The van der Waals surface area contributed by atoms with E-state index in [-0.39, 0.29) is 10.8 Å². The van der Waals surface area contributed by atoms with Crippen molar-refractivity contribution in [2.75, 3.05) is 39.8 Å². The van der Waals surface area contributed by atoms with Crippen molar-refractivity contribution < 1.29 is 22.5 Å². The number of benzene rings is 1. The number of hydrogen-bond donors (Lipinski definition) is 1. The first-order chi connectivity index (χ1) is 12.9. The molecule has 0 spiro atoms. The van der Waals surface area contributed by atoms with Crippen molar-refractivity contribution in [2.24, 2.45) is 0 Å². The van der Waals surface area contributed by atoms with Crippen molar-refractivity contribution in [3.05, 3.63) is 30.1 Å². The van der Waals surface area contributed by atoms with E-state index < -0.39 is 15.8 Å². The molecule has 2 aliphatic rings. The van der Waals surface area contributed by atoms with Crippen molar-refractivity contribution >= 4 is 15.9 Å². The van der Waals surface area contributed by atoms with Crippen molar-refractivity contribution in [3.8, 4) is 0 Å². The summed E-state index contributed by atoms with van der Waals surface area (Å²) in [6, 6.07) is 5.27. The maximum Gasteiger partial charge on any atom is 0.277 e. The third-order valence-electron chi connectivity index (χ3n) is 5.80. The van der Waals surface area contributed by atoms with Gasteiger partial charge >= 0.3 is 0 Å². The van der Waals surface area contributed by atoms with Crippen LogP contribution in [0.3, 0.4) is 0 Å². The Morgan fingerprint density at radius 1 is 1.15 bits per heavy atom. The molecule has 1 aromatic carbocycles. The molecule has 27 heavy (non-hydrogen) atoms. The Morgan fingerprint density at radius 2 is 1.74 bits per heavy atom. The molecule has 1 aliphatic heterocycles. The van der Waals surface area contributed by atoms with Crippen LogP contribution in [0.25, 0.3) is 0 Å². The lowest BCUT2D eigenvalue weighted by Crippen LogP contribution is -3.15. The standard InChI is InChI=1S/C19H28FN3O3S/c1-21(17-5-3-2-4-6-17)19(24)15-22-11-13-23(14-12-22)27(25,26)18-9-7-16(20)8-10-18/h7-10,17H,2-6,11-15H2,1H3/p+1. The van der Waals surface area contributed by atoms with Gasteiger partial charge in [-0.25, -0.2) is 12.8 Å². The summed E-state index contributed by atoms with van der Waals surface area (Å²) in [6.45, 7) is 2.36. The van der Waals surface area contributed by atoms with Crippen LogP contribution in [0.15, 0.2) is 29.2 Å². The molecular weight excluding hydrogens is 369 g/mol. The zero-order chi connectivity index (χ0) is 19.4. The van der Waals surface area contributed by atoms with Crippen molar-refractivity contribution in [3.63, 3.8) is 0 Å². The first-order valence-corrected chi connectivity index (χ1v) is 11.2. The normalized spacial score (nSPS) is 20.5. The number of halogens is 1. The van der Waals surface area contributed by atoms with Crippen LogP contribution in [0.2, 0.25) is 0 Å². The van der Waals surface area contributed by atoms with Gasteiger partial charge in [0.05, 0.1) is 31.1 Å². The summed E-state index contributed by atoms with van der Waals surface area (Å²) in [7, 11) is -1.71. The lowest BCUT2D eigenvalue weighted by Gasteiger charge is -2.34. The Bertz CT molecular complexity index is 740. The lowest BCUT2D eigenvalue weighted by atomic mass is 9.94. The highest BCUT2D eigenvalue weighted by Gasteiger charge is 2.32. The van der Waals surface area contributed by atoms with E-state index in [0.29, 0.717) is 38.8 Å². The maximum atomic E-state index is 13.0. The minimum Gasteiger partial charge on any atom is -0.338 e.